The van der Waals surface area contributed by atoms with Crippen molar-refractivity contribution in [2.45, 2.75) is 16.2 Å². The summed E-state index contributed by atoms with van der Waals surface area (Å²) >= 11 is 1.57. The predicted molar refractivity (Wildman–Crippen MR) is 117 cm³/mol. The molecular weight excluding hydrogens is 442 g/mol. The standard InChI is InChI=1S/C20H23N3O6S2/c1-29-16-6-8-17(9-7-16)30-15-10-20(24)21-11-13-22(14-12-21)31(27,28)19-5-3-2-4-18(19)23(25)26/h2-9H,10-15H2,1H3. The lowest BCUT2D eigenvalue weighted by molar-refractivity contribution is -0.387. The molecule has 0 N–H and O–H groups in total. The molecule has 31 heavy (non-hydrogen) atoms. The van der Waals surface area contributed by atoms with Gasteiger partial charge in [-0.25, -0.2) is 8.42 Å². The highest BCUT2D eigenvalue weighted by molar-refractivity contribution is 7.99. The van der Waals surface area contributed by atoms with E-state index in [0.717, 1.165) is 10.6 Å². The van der Waals surface area contributed by atoms with E-state index in [9.17, 15) is 23.3 Å². The molecule has 0 aromatic heterocycles. The zero-order valence-electron chi connectivity index (χ0n) is 17.0. The van der Waals surface area contributed by atoms with Gasteiger partial charge in [0.05, 0.1) is 12.0 Å². The van der Waals surface area contributed by atoms with Crippen LogP contribution in [0.15, 0.2) is 58.3 Å². The molecule has 1 amide bonds. The maximum Gasteiger partial charge on any atom is 0.289 e. The monoisotopic (exact) mass is 465 g/mol. The second-order valence-corrected chi connectivity index (χ2v) is 9.86. The van der Waals surface area contributed by atoms with Crippen molar-refractivity contribution in [1.29, 1.82) is 0 Å². The summed E-state index contributed by atoms with van der Waals surface area (Å²) in [5, 5.41) is 11.2. The molecule has 1 saturated heterocycles. The number of para-hydroxylation sites is 1. The molecule has 166 valence electrons. The van der Waals surface area contributed by atoms with Crippen molar-refractivity contribution >= 4 is 33.4 Å². The number of piperazine rings is 1. The summed E-state index contributed by atoms with van der Waals surface area (Å²) in [4.78, 5) is 25.3. The molecule has 1 aliphatic heterocycles. The fourth-order valence-corrected chi connectivity index (χ4v) is 5.65. The van der Waals surface area contributed by atoms with Gasteiger partial charge in [-0.3, -0.25) is 14.9 Å². The van der Waals surface area contributed by atoms with Gasteiger partial charge in [0.15, 0.2) is 4.90 Å². The van der Waals surface area contributed by atoms with Gasteiger partial charge in [-0.05, 0) is 30.3 Å². The molecule has 3 rings (SSSR count). The van der Waals surface area contributed by atoms with Gasteiger partial charge in [0.25, 0.3) is 5.69 Å². The van der Waals surface area contributed by atoms with E-state index in [2.05, 4.69) is 0 Å². The van der Waals surface area contributed by atoms with Crippen molar-refractivity contribution in [3.05, 3.63) is 58.6 Å². The van der Waals surface area contributed by atoms with Crippen molar-refractivity contribution in [2.24, 2.45) is 0 Å². The average Bonchev–Trinajstić information content (AvgIpc) is 2.79. The summed E-state index contributed by atoms with van der Waals surface area (Å²) in [5.74, 6) is 1.35. The minimum Gasteiger partial charge on any atom is -0.497 e. The molecule has 1 fully saturated rings. The number of amides is 1. The van der Waals surface area contributed by atoms with E-state index >= 15 is 0 Å². The second-order valence-electron chi connectivity index (χ2n) is 6.78. The highest BCUT2D eigenvalue weighted by atomic mass is 32.2. The summed E-state index contributed by atoms with van der Waals surface area (Å²) < 4.78 is 32.1. The van der Waals surface area contributed by atoms with E-state index in [1.807, 2.05) is 24.3 Å². The Morgan fingerprint density at radius 3 is 2.35 bits per heavy atom. The number of rotatable bonds is 8. The number of ether oxygens (including phenoxy) is 1. The number of thioether (sulfide) groups is 1. The quantitative estimate of drug-likeness (QED) is 0.335. The Kier molecular flexibility index (Phi) is 7.52. The van der Waals surface area contributed by atoms with Crippen molar-refractivity contribution in [3.8, 4) is 5.75 Å². The van der Waals surface area contributed by atoms with Crippen LogP contribution in [0.4, 0.5) is 5.69 Å². The van der Waals surface area contributed by atoms with Crippen LogP contribution < -0.4 is 4.74 Å². The minimum absolute atomic E-state index is 0.0382. The van der Waals surface area contributed by atoms with Gasteiger partial charge in [0.2, 0.25) is 15.9 Å². The van der Waals surface area contributed by atoms with Crippen molar-refractivity contribution < 1.29 is 22.9 Å². The number of sulfonamides is 1. The maximum atomic E-state index is 12.9. The summed E-state index contributed by atoms with van der Waals surface area (Å²) in [7, 11) is -2.40. The summed E-state index contributed by atoms with van der Waals surface area (Å²) in [5.41, 5.74) is -0.448. The van der Waals surface area contributed by atoms with Crippen LogP contribution in [0.2, 0.25) is 0 Å². The zero-order valence-corrected chi connectivity index (χ0v) is 18.6. The second kappa shape index (κ2) is 10.1. The van der Waals surface area contributed by atoms with Gasteiger partial charge >= 0.3 is 0 Å². The fraction of sp³-hybridized carbons (Fsp3) is 0.350. The Morgan fingerprint density at radius 2 is 1.74 bits per heavy atom. The van der Waals surface area contributed by atoms with Gasteiger partial charge in [0, 0.05) is 49.3 Å². The van der Waals surface area contributed by atoms with E-state index in [-0.39, 0.29) is 37.0 Å². The molecule has 9 nitrogen and oxygen atoms in total. The van der Waals surface area contributed by atoms with Crippen LogP contribution in [0.5, 0.6) is 5.75 Å². The maximum absolute atomic E-state index is 12.9. The van der Waals surface area contributed by atoms with Crippen LogP contribution in [-0.2, 0) is 14.8 Å². The Bertz CT molecular complexity index is 1040. The Balaban J connectivity index is 1.52. The first-order chi connectivity index (χ1) is 14.8. The topological polar surface area (TPSA) is 110 Å². The number of nitro groups is 1. The van der Waals surface area contributed by atoms with E-state index < -0.39 is 20.6 Å². The molecule has 1 aliphatic rings. The minimum atomic E-state index is -4.01. The molecular formula is C20H23N3O6S2. The third kappa shape index (κ3) is 5.54. The van der Waals surface area contributed by atoms with E-state index in [0.29, 0.717) is 12.2 Å². The average molecular weight is 466 g/mol. The lowest BCUT2D eigenvalue weighted by Gasteiger charge is -2.34. The van der Waals surface area contributed by atoms with Crippen LogP contribution in [0.25, 0.3) is 0 Å². The van der Waals surface area contributed by atoms with Crippen LogP contribution in [0, 0.1) is 10.1 Å². The summed E-state index contributed by atoms with van der Waals surface area (Å²) in [6.07, 6.45) is 0.341. The SMILES string of the molecule is COc1ccc(SCCC(=O)N2CCN(S(=O)(=O)c3ccccc3[N+](=O)[O-])CC2)cc1. The highest BCUT2D eigenvalue weighted by Gasteiger charge is 2.34. The van der Waals surface area contributed by atoms with Crippen molar-refractivity contribution in [2.75, 3.05) is 39.0 Å². The third-order valence-corrected chi connectivity index (χ3v) is 7.87. The smallest absolute Gasteiger partial charge is 0.289 e. The molecule has 0 radical (unpaired) electrons. The highest BCUT2D eigenvalue weighted by Crippen LogP contribution is 2.27. The molecule has 0 aliphatic carbocycles. The number of benzene rings is 2. The largest absolute Gasteiger partial charge is 0.497 e. The predicted octanol–water partition coefficient (Wildman–Crippen LogP) is 2.62. The van der Waals surface area contributed by atoms with Gasteiger partial charge in [-0.15, -0.1) is 11.8 Å². The Morgan fingerprint density at radius 1 is 1.10 bits per heavy atom. The number of nitro benzene ring substituents is 1. The lowest BCUT2D eigenvalue weighted by Crippen LogP contribution is -2.50. The number of hydrogen-bond acceptors (Lipinski definition) is 7. The summed E-state index contributed by atoms with van der Waals surface area (Å²) in [6.45, 7) is 0.718. The number of carbonyl (C=O) groups excluding carboxylic acids is 1. The number of hydrogen-bond donors (Lipinski definition) is 0. The number of carbonyl (C=O) groups is 1. The van der Waals surface area contributed by atoms with Crippen molar-refractivity contribution in [1.82, 2.24) is 9.21 Å². The van der Waals surface area contributed by atoms with E-state index in [1.165, 1.54) is 28.6 Å². The molecule has 0 atom stereocenters. The van der Waals surface area contributed by atoms with Crippen LogP contribution >= 0.6 is 11.8 Å². The molecule has 1 heterocycles. The molecule has 11 heteroatoms. The molecule has 2 aromatic carbocycles. The van der Waals surface area contributed by atoms with Crippen LogP contribution in [0.1, 0.15) is 6.42 Å². The van der Waals surface area contributed by atoms with Crippen molar-refractivity contribution in [3.63, 3.8) is 0 Å². The Labute approximate surface area is 185 Å². The first-order valence-electron chi connectivity index (χ1n) is 9.61. The van der Waals surface area contributed by atoms with E-state index in [1.54, 1.807) is 23.8 Å². The molecule has 2 aromatic rings. The first kappa shape index (κ1) is 23.0. The van der Waals surface area contributed by atoms with E-state index in [4.69, 9.17) is 4.74 Å². The zero-order chi connectivity index (χ0) is 22.4. The lowest BCUT2D eigenvalue weighted by atomic mass is 10.3. The number of methoxy groups -OCH3 is 1. The van der Waals surface area contributed by atoms with Crippen LogP contribution in [0.3, 0.4) is 0 Å². The van der Waals surface area contributed by atoms with Gasteiger partial charge < -0.3 is 9.64 Å². The Hall–Kier alpha value is -2.63. The first-order valence-corrected chi connectivity index (χ1v) is 12.0. The molecule has 0 spiro atoms. The van der Waals surface area contributed by atoms with Gasteiger partial charge in [-0.2, -0.15) is 4.31 Å². The normalized spacial score (nSPS) is 14.9. The molecule has 0 saturated carbocycles. The van der Waals surface area contributed by atoms with Gasteiger partial charge in [0.1, 0.15) is 5.75 Å². The third-order valence-electron chi connectivity index (χ3n) is 4.92. The van der Waals surface area contributed by atoms with Crippen LogP contribution in [-0.4, -0.2) is 67.5 Å². The fourth-order valence-electron chi connectivity index (χ4n) is 3.23. The molecule has 0 bridgehead atoms. The molecule has 0 unspecified atom stereocenters. The number of nitrogens with zero attached hydrogens (tertiary/aromatic N) is 3. The van der Waals surface area contributed by atoms with Gasteiger partial charge in [-0.1, -0.05) is 12.1 Å². The summed E-state index contributed by atoms with van der Waals surface area (Å²) in [6, 6.07) is 12.9.